The van der Waals surface area contributed by atoms with E-state index in [-0.39, 0.29) is 29.9 Å². The number of anilines is 4. The van der Waals surface area contributed by atoms with Crippen molar-refractivity contribution in [2.45, 2.75) is 6.61 Å². The van der Waals surface area contributed by atoms with Crippen molar-refractivity contribution in [3.8, 4) is 0 Å². The third-order valence-electron chi connectivity index (χ3n) is 3.30. The highest BCUT2D eigenvalue weighted by molar-refractivity contribution is 9.10. The van der Waals surface area contributed by atoms with Crippen LogP contribution in [0.5, 0.6) is 0 Å². The van der Waals surface area contributed by atoms with Gasteiger partial charge in [-0.2, -0.15) is 15.0 Å². The van der Waals surface area contributed by atoms with Gasteiger partial charge in [0.1, 0.15) is 0 Å². The van der Waals surface area contributed by atoms with E-state index in [2.05, 4.69) is 36.2 Å². The highest BCUT2D eigenvalue weighted by atomic mass is 79.9. The number of carbonyl (C=O) groups is 1. The molecule has 1 heterocycles. The zero-order valence-electron chi connectivity index (χ0n) is 13.5. The molecule has 8 nitrogen and oxygen atoms in total. The minimum Gasteiger partial charge on any atom is -0.454 e. The molecule has 0 radical (unpaired) electrons. The van der Waals surface area contributed by atoms with Gasteiger partial charge in [-0.1, -0.05) is 34.1 Å². The number of carbonyl (C=O) groups excluding carboxylic acids is 1. The molecule has 0 saturated carbocycles. The van der Waals surface area contributed by atoms with Crippen molar-refractivity contribution >= 4 is 45.2 Å². The second-order valence-corrected chi connectivity index (χ2v) is 6.15. The molecule has 9 heteroatoms. The van der Waals surface area contributed by atoms with E-state index in [1.807, 2.05) is 30.3 Å². The number of nitrogen functional groups attached to an aromatic ring is 2. The molecular formula is C17H15BrN6O2. The van der Waals surface area contributed by atoms with E-state index >= 15 is 0 Å². The second kappa shape index (κ2) is 7.79. The van der Waals surface area contributed by atoms with Crippen LogP contribution in [0.2, 0.25) is 0 Å². The van der Waals surface area contributed by atoms with Gasteiger partial charge in [0, 0.05) is 15.8 Å². The number of hydrogen-bond acceptors (Lipinski definition) is 8. The van der Waals surface area contributed by atoms with Gasteiger partial charge in [-0.25, -0.2) is 4.79 Å². The van der Waals surface area contributed by atoms with E-state index in [0.717, 1.165) is 10.2 Å². The Morgan fingerprint density at radius 1 is 1.08 bits per heavy atom. The Bertz CT molecular complexity index is 936. The molecule has 0 unspecified atom stereocenters. The fourth-order valence-electron chi connectivity index (χ4n) is 2.12. The summed E-state index contributed by atoms with van der Waals surface area (Å²) in [6, 6.07) is 14.3. The molecule has 0 spiro atoms. The lowest BCUT2D eigenvalue weighted by molar-refractivity contribution is 0.0463. The Labute approximate surface area is 157 Å². The normalized spacial score (nSPS) is 10.3. The molecule has 3 rings (SSSR count). The molecule has 0 aliphatic carbocycles. The van der Waals surface area contributed by atoms with Crippen molar-refractivity contribution in [3.63, 3.8) is 0 Å². The molecule has 0 bridgehead atoms. The molecule has 26 heavy (non-hydrogen) atoms. The van der Waals surface area contributed by atoms with Gasteiger partial charge in [0.25, 0.3) is 0 Å². The number of ether oxygens (including phenoxy) is 1. The number of benzene rings is 2. The molecule has 0 fully saturated rings. The summed E-state index contributed by atoms with van der Waals surface area (Å²) < 4.78 is 5.95. The standard InChI is InChI=1S/C17H15BrN6O2/c18-10-6-7-13(19)12(8-10)15(25)26-9-14-22-16(20)24-17(23-14)21-11-4-2-1-3-5-11/h1-8H,9,19H2,(H3,20,21,22,23,24). The predicted octanol–water partition coefficient (Wildman–Crippen LogP) is 2.90. The highest BCUT2D eigenvalue weighted by Gasteiger charge is 2.14. The Hall–Kier alpha value is -3.20. The van der Waals surface area contributed by atoms with Gasteiger partial charge in [0.05, 0.1) is 5.56 Å². The number of hydrogen-bond donors (Lipinski definition) is 3. The Morgan fingerprint density at radius 2 is 1.85 bits per heavy atom. The van der Waals surface area contributed by atoms with Crippen LogP contribution in [0.3, 0.4) is 0 Å². The summed E-state index contributed by atoms with van der Waals surface area (Å²) in [6.07, 6.45) is 0. The first-order chi connectivity index (χ1) is 12.5. The number of aromatic nitrogens is 3. The average Bonchev–Trinajstić information content (AvgIpc) is 2.62. The molecule has 3 aromatic rings. The number of rotatable bonds is 5. The molecule has 132 valence electrons. The van der Waals surface area contributed by atoms with E-state index < -0.39 is 5.97 Å². The third-order valence-corrected chi connectivity index (χ3v) is 3.79. The lowest BCUT2D eigenvalue weighted by atomic mass is 10.2. The number of nitrogens with two attached hydrogens (primary N) is 2. The summed E-state index contributed by atoms with van der Waals surface area (Å²) in [5, 5.41) is 3.01. The van der Waals surface area contributed by atoms with Gasteiger partial charge in [-0.3, -0.25) is 0 Å². The molecule has 5 N–H and O–H groups in total. The molecule has 0 saturated heterocycles. The predicted molar refractivity (Wildman–Crippen MR) is 102 cm³/mol. The van der Waals surface area contributed by atoms with Crippen LogP contribution in [-0.2, 0) is 11.3 Å². The molecule has 1 aromatic heterocycles. The maximum Gasteiger partial charge on any atom is 0.340 e. The van der Waals surface area contributed by atoms with Crippen molar-refractivity contribution in [2.75, 3.05) is 16.8 Å². The summed E-state index contributed by atoms with van der Waals surface area (Å²) >= 11 is 3.29. The largest absolute Gasteiger partial charge is 0.454 e. The van der Waals surface area contributed by atoms with Crippen LogP contribution in [0.15, 0.2) is 53.0 Å². The summed E-state index contributed by atoms with van der Waals surface area (Å²) in [7, 11) is 0. The zero-order chi connectivity index (χ0) is 18.5. The second-order valence-electron chi connectivity index (χ2n) is 5.23. The van der Waals surface area contributed by atoms with Crippen molar-refractivity contribution in [3.05, 3.63) is 64.4 Å². The van der Waals surface area contributed by atoms with Crippen LogP contribution in [0.25, 0.3) is 0 Å². The van der Waals surface area contributed by atoms with Crippen molar-refractivity contribution in [1.29, 1.82) is 0 Å². The van der Waals surface area contributed by atoms with E-state index in [9.17, 15) is 4.79 Å². The smallest absolute Gasteiger partial charge is 0.340 e. The van der Waals surface area contributed by atoms with Gasteiger partial charge >= 0.3 is 5.97 Å². The molecule has 2 aromatic carbocycles. The van der Waals surface area contributed by atoms with Crippen molar-refractivity contribution in [2.24, 2.45) is 0 Å². The molecule has 0 aliphatic heterocycles. The van der Waals surface area contributed by atoms with E-state index in [1.54, 1.807) is 18.2 Å². The summed E-state index contributed by atoms with van der Waals surface area (Å²) in [4.78, 5) is 24.4. The molecular weight excluding hydrogens is 400 g/mol. The fraction of sp³-hybridized carbons (Fsp3) is 0.0588. The van der Waals surface area contributed by atoms with E-state index in [0.29, 0.717) is 5.69 Å². The van der Waals surface area contributed by atoms with Gasteiger partial charge in [-0.15, -0.1) is 0 Å². The van der Waals surface area contributed by atoms with Gasteiger partial charge in [-0.05, 0) is 30.3 Å². The topological polar surface area (TPSA) is 129 Å². The maximum absolute atomic E-state index is 12.2. The van der Waals surface area contributed by atoms with E-state index in [1.165, 1.54) is 0 Å². The van der Waals surface area contributed by atoms with E-state index in [4.69, 9.17) is 16.2 Å². The summed E-state index contributed by atoms with van der Waals surface area (Å²) in [6.45, 7) is -0.166. The van der Waals surface area contributed by atoms with Crippen LogP contribution < -0.4 is 16.8 Å². The minimum atomic E-state index is -0.583. The molecule has 0 aliphatic rings. The SMILES string of the molecule is Nc1nc(COC(=O)c2cc(Br)ccc2N)nc(Nc2ccccc2)n1. The highest BCUT2D eigenvalue weighted by Crippen LogP contribution is 2.20. The van der Waals surface area contributed by atoms with Crippen LogP contribution in [-0.4, -0.2) is 20.9 Å². The lowest BCUT2D eigenvalue weighted by Gasteiger charge is -2.09. The van der Waals surface area contributed by atoms with Gasteiger partial charge in [0.15, 0.2) is 12.4 Å². The molecule has 0 amide bonds. The molecule has 0 atom stereocenters. The minimum absolute atomic E-state index is 0.0199. The summed E-state index contributed by atoms with van der Waals surface area (Å²) in [5.74, 6) is -0.0821. The van der Waals surface area contributed by atoms with Crippen LogP contribution in [0.1, 0.15) is 16.2 Å². The Morgan fingerprint density at radius 3 is 2.62 bits per heavy atom. The number of nitrogens with zero attached hydrogens (tertiary/aromatic N) is 3. The average molecular weight is 415 g/mol. The first-order valence-electron chi connectivity index (χ1n) is 7.56. The fourth-order valence-corrected chi connectivity index (χ4v) is 2.48. The van der Waals surface area contributed by atoms with Crippen LogP contribution >= 0.6 is 15.9 Å². The number of esters is 1. The van der Waals surface area contributed by atoms with Crippen molar-refractivity contribution < 1.29 is 9.53 Å². The third kappa shape index (κ3) is 4.45. The van der Waals surface area contributed by atoms with Crippen LogP contribution in [0, 0.1) is 0 Å². The van der Waals surface area contributed by atoms with Crippen molar-refractivity contribution in [1.82, 2.24) is 15.0 Å². The summed E-state index contributed by atoms with van der Waals surface area (Å²) in [5.41, 5.74) is 12.9. The zero-order valence-corrected chi connectivity index (χ0v) is 15.1. The number of para-hydroxylation sites is 1. The lowest BCUT2D eigenvalue weighted by Crippen LogP contribution is -2.12. The number of halogens is 1. The first kappa shape index (κ1) is 17.6. The van der Waals surface area contributed by atoms with Gasteiger partial charge in [0.2, 0.25) is 11.9 Å². The Kier molecular flexibility index (Phi) is 5.28. The number of nitrogens with one attached hydrogen (secondary N) is 1. The quantitative estimate of drug-likeness (QED) is 0.429. The maximum atomic E-state index is 12.2. The monoisotopic (exact) mass is 414 g/mol. The van der Waals surface area contributed by atoms with Crippen LogP contribution in [0.4, 0.5) is 23.3 Å². The first-order valence-corrected chi connectivity index (χ1v) is 8.35. The Balaban J connectivity index is 1.71. The van der Waals surface area contributed by atoms with Gasteiger partial charge < -0.3 is 21.5 Å².